The fourth-order valence-corrected chi connectivity index (χ4v) is 6.55. The molecule has 3 N–H and O–H groups in total. The molecule has 2 aliphatic rings. The van der Waals surface area contributed by atoms with Crippen molar-refractivity contribution in [2.45, 2.75) is 37.0 Å². The van der Waals surface area contributed by atoms with E-state index in [2.05, 4.69) is 20.0 Å². The molecule has 4 heterocycles. The van der Waals surface area contributed by atoms with Crippen LogP contribution in [0.1, 0.15) is 30.7 Å². The first-order chi connectivity index (χ1) is 18.3. The van der Waals surface area contributed by atoms with Crippen LogP contribution >= 0.6 is 11.3 Å². The van der Waals surface area contributed by atoms with Crippen LogP contribution in [0.3, 0.4) is 0 Å². The summed E-state index contributed by atoms with van der Waals surface area (Å²) in [6.45, 7) is 3.14. The number of hydrogen-bond acceptors (Lipinski definition) is 10. The van der Waals surface area contributed by atoms with Gasteiger partial charge in [0.2, 0.25) is 16.0 Å². The van der Waals surface area contributed by atoms with Gasteiger partial charge < -0.3 is 19.9 Å². The van der Waals surface area contributed by atoms with Gasteiger partial charge in [0.1, 0.15) is 11.9 Å². The second-order valence-corrected chi connectivity index (χ2v) is 12.1. The lowest BCUT2D eigenvalue weighted by Crippen LogP contribution is -2.28. The Bertz CT molecular complexity index is 1420. The Balaban J connectivity index is 1.55. The molecule has 1 fully saturated rings. The quantitative estimate of drug-likeness (QED) is 0.357. The van der Waals surface area contributed by atoms with Gasteiger partial charge in [0.25, 0.3) is 0 Å². The summed E-state index contributed by atoms with van der Waals surface area (Å²) < 4.78 is 54.4. The highest BCUT2D eigenvalue weighted by Crippen LogP contribution is 2.42. The molecule has 0 spiro atoms. The molecule has 1 saturated heterocycles. The summed E-state index contributed by atoms with van der Waals surface area (Å²) in [6.07, 6.45) is 5.34. The van der Waals surface area contributed by atoms with E-state index >= 15 is 4.39 Å². The third-order valence-corrected chi connectivity index (χ3v) is 9.05. The number of rotatable bonds is 9. The van der Waals surface area contributed by atoms with E-state index in [-0.39, 0.29) is 30.3 Å². The van der Waals surface area contributed by atoms with Crippen molar-refractivity contribution < 1.29 is 27.4 Å². The van der Waals surface area contributed by atoms with Crippen LogP contribution in [0.2, 0.25) is 0 Å². The molecular formula is C25H28FN5O5S2. The molecule has 13 heteroatoms. The zero-order valence-corrected chi connectivity index (χ0v) is 22.3. The van der Waals surface area contributed by atoms with Gasteiger partial charge in [-0.1, -0.05) is 6.07 Å². The number of benzene rings is 1. The second-order valence-electron chi connectivity index (χ2n) is 9.13. The van der Waals surface area contributed by atoms with E-state index in [9.17, 15) is 13.5 Å². The molecule has 38 heavy (non-hydrogen) atoms. The van der Waals surface area contributed by atoms with Gasteiger partial charge in [0.15, 0.2) is 5.82 Å². The minimum atomic E-state index is -3.91. The van der Waals surface area contributed by atoms with Crippen molar-refractivity contribution in [3.05, 3.63) is 53.6 Å². The van der Waals surface area contributed by atoms with Gasteiger partial charge in [-0.25, -0.2) is 27.8 Å². The summed E-state index contributed by atoms with van der Waals surface area (Å²) in [5, 5.41) is 12.5. The molecule has 1 unspecified atom stereocenters. The monoisotopic (exact) mass is 561 g/mol. The largest absolute Gasteiger partial charge is 0.500 e. The van der Waals surface area contributed by atoms with Crippen molar-refractivity contribution in [1.82, 2.24) is 15.0 Å². The predicted molar refractivity (Wildman–Crippen MR) is 143 cm³/mol. The number of sulfonamides is 1. The van der Waals surface area contributed by atoms with Crippen molar-refractivity contribution in [1.29, 1.82) is 0 Å². The number of thiazole rings is 1. The van der Waals surface area contributed by atoms with E-state index in [1.165, 1.54) is 29.7 Å². The maximum Gasteiger partial charge on any atom is 0.242 e. The van der Waals surface area contributed by atoms with Gasteiger partial charge in [-0.05, 0) is 44.0 Å². The summed E-state index contributed by atoms with van der Waals surface area (Å²) >= 11 is 1.43. The van der Waals surface area contributed by atoms with Crippen LogP contribution in [0.15, 0.2) is 42.8 Å². The third kappa shape index (κ3) is 5.80. The summed E-state index contributed by atoms with van der Waals surface area (Å²) in [5.41, 5.74) is 0.901. The van der Waals surface area contributed by atoms with E-state index in [1.54, 1.807) is 31.3 Å². The second kappa shape index (κ2) is 11.3. The van der Waals surface area contributed by atoms with Gasteiger partial charge in [-0.2, -0.15) is 0 Å². The Morgan fingerprint density at radius 2 is 2.05 bits per heavy atom. The fraction of sp³-hybridized carbons (Fsp3) is 0.400. The number of anilines is 2. The molecule has 2 aliphatic heterocycles. The minimum absolute atomic E-state index is 0.0273. The molecule has 0 radical (unpaired) electrons. The molecule has 0 bridgehead atoms. The number of aliphatic hydroxyl groups excluding tert-OH is 1. The Hall–Kier alpha value is -3.13. The van der Waals surface area contributed by atoms with E-state index in [1.807, 2.05) is 0 Å². The summed E-state index contributed by atoms with van der Waals surface area (Å²) in [7, 11) is -3.91. The smallest absolute Gasteiger partial charge is 0.242 e. The van der Waals surface area contributed by atoms with E-state index < -0.39 is 27.2 Å². The lowest BCUT2D eigenvalue weighted by atomic mass is 10.0. The average Bonchev–Trinajstić information content (AvgIpc) is 3.61. The lowest BCUT2D eigenvalue weighted by molar-refractivity contribution is 0.0853. The topological polar surface area (TPSA) is 136 Å². The maximum absolute atomic E-state index is 15.9. The summed E-state index contributed by atoms with van der Waals surface area (Å²) in [4.78, 5) is 14.3. The van der Waals surface area contributed by atoms with Crippen LogP contribution in [0.4, 0.5) is 16.0 Å². The van der Waals surface area contributed by atoms with E-state index in [0.717, 1.165) is 17.8 Å². The Labute approximate surface area is 224 Å². The molecular weight excluding hydrogens is 533 g/mol. The highest BCUT2D eigenvalue weighted by atomic mass is 32.2. The van der Waals surface area contributed by atoms with Gasteiger partial charge >= 0.3 is 0 Å². The molecule has 2 aromatic heterocycles. The first kappa shape index (κ1) is 26.5. The van der Waals surface area contributed by atoms with Crippen LogP contribution < -0.4 is 10.0 Å². The zero-order valence-electron chi connectivity index (χ0n) is 20.6. The normalized spacial score (nSPS) is 18.8. The van der Waals surface area contributed by atoms with E-state index in [0.29, 0.717) is 35.4 Å². The van der Waals surface area contributed by atoms with Gasteiger partial charge in [0.05, 0.1) is 39.3 Å². The zero-order chi connectivity index (χ0) is 26.7. The number of nitrogens with one attached hydrogen (secondary N) is 2. The SMILES string of the molecule is C[C@H](O)CNc1nccc(-c2sc(C3CCOCC3)nc2-c2cccc(NS(=O)(=O)C3C=COC3)c2F)n1. The average molecular weight is 562 g/mol. The Morgan fingerprint density at radius 1 is 1.24 bits per heavy atom. The minimum Gasteiger partial charge on any atom is -0.500 e. The number of aliphatic hydroxyl groups is 1. The van der Waals surface area contributed by atoms with Crippen LogP contribution in [0, 0.1) is 5.82 Å². The molecule has 10 nitrogen and oxygen atoms in total. The first-order valence-corrected chi connectivity index (χ1v) is 14.6. The van der Waals surface area contributed by atoms with Crippen LogP contribution in [0.5, 0.6) is 0 Å². The highest BCUT2D eigenvalue weighted by Gasteiger charge is 2.29. The summed E-state index contributed by atoms with van der Waals surface area (Å²) in [5.74, 6) is -0.246. The number of nitrogens with zero attached hydrogens (tertiary/aromatic N) is 3. The number of halogens is 1. The molecule has 3 aromatic rings. The Morgan fingerprint density at radius 3 is 2.79 bits per heavy atom. The van der Waals surface area contributed by atoms with E-state index in [4.69, 9.17) is 14.5 Å². The first-order valence-electron chi connectivity index (χ1n) is 12.2. The third-order valence-electron chi connectivity index (χ3n) is 6.21. The molecule has 5 rings (SSSR count). The number of hydrogen-bond donors (Lipinski definition) is 3. The number of ether oxygens (including phenoxy) is 2. The molecule has 1 aromatic carbocycles. The lowest BCUT2D eigenvalue weighted by Gasteiger charge is -2.19. The number of aromatic nitrogens is 3. The fourth-order valence-electron chi connectivity index (χ4n) is 4.19. The molecule has 0 saturated carbocycles. The summed E-state index contributed by atoms with van der Waals surface area (Å²) in [6, 6.07) is 6.26. The van der Waals surface area contributed by atoms with Crippen LogP contribution in [-0.4, -0.2) is 66.2 Å². The Kier molecular flexibility index (Phi) is 7.88. The van der Waals surface area contributed by atoms with Gasteiger partial charge in [-0.3, -0.25) is 4.72 Å². The maximum atomic E-state index is 15.9. The molecule has 2 atom stereocenters. The van der Waals surface area contributed by atoms with Gasteiger partial charge in [0, 0.05) is 37.4 Å². The van der Waals surface area contributed by atoms with Crippen LogP contribution in [0.25, 0.3) is 21.8 Å². The standard InChI is InChI=1S/C25H28FN5O5S2/c1-15(32)13-28-25-27-9-5-20(29-25)23-22(30-24(37-23)16-6-10-35-11-7-16)18-3-2-4-19(21(18)26)31-38(33,34)17-8-12-36-14-17/h2-5,8-9,12,15-17,31-32H,6-7,10-11,13-14H2,1H3,(H,27,28,29)/t15-,17?/m0/s1. The van der Waals surface area contributed by atoms with Crippen molar-refractivity contribution in [3.63, 3.8) is 0 Å². The van der Waals surface area contributed by atoms with Crippen molar-refractivity contribution >= 4 is 33.0 Å². The molecule has 0 amide bonds. The molecule has 0 aliphatic carbocycles. The van der Waals surface area contributed by atoms with Crippen molar-refractivity contribution in [2.75, 3.05) is 36.4 Å². The van der Waals surface area contributed by atoms with Crippen LogP contribution in [-0.2, 0) is 19.5 Å². The highest BCUT2D eigenvalue weighted by molar-refractivity contribution is 7.93. The molecule has 202 valence electrons. The van der Waals surface area contributed by atoms with Crippen molar-refractivity contribution in [2.24, 2.45) is 0 Å². The van der Waals surface area contributed by atoms with Gasteiger partial charge in [-0.15, -0.1) is 11.3 Å². The van der Waals surface area contributed by atoms with Crippen molar-refractivity contribution in [3.8, 4) is 21.8 Å². The predicted octanol–water partition coefficient (Wildman–Crippen LogP) is 3.75.